The van der Waals surface area contributed by atoms with Gasteiger partial charge in [0.25, 0.3) is 0 Å². The third-order valence-corrected chi connectivity index (χ3v) is 5.63. The zero-order valence-electron chi connectivity index (χ0n) is 11.5. The smallest absolute Gasteiger partial charge is 0.0499 e. The molecule has 2 aliphatic rings. The number of nitrogens with one attached hydrogen (secondary N) is 1. The van der Waals surface area contributed by atoms with Crippen molar-refractivity contribution in [3.8, 4) is 0 Å². The van der Waals surface area contributed by atoms with Crippen LogP contribution in [0.3, 0.4) is 0 Å². The molecule has 17 heavy (non-hydrogen) atoms. The van der Waals surface area contributed by atoms with Gasteiger partial charge in [0.1, 0.15) is 0 Å². The molecular formula is C15H29NO. The molecule has 0 aromatic rings. The molecule has 2 fully saturated rings. The Balaban J connectivity index is 1.72. The van der Waals surface area contributed by atoms with Crippen LogP contribution in [0.25, 0.3) is 0 Å². The second-order valence-corrected chi connectivity index (χ2v) is 6.43. The lowest BCUT2D eigenvalue weighted by Crippen LogP contribution is -2.39. The zero-order chi connectivity index (χ0) is 12.3. The van der Waals surface area contributed by atoms with Crippen molar-refractivity contribution >= 4 is 0 Å². The molecule has 2 nitrogen and oxygen atoms in total. The lowest BCUT2D eigenvalue weighted by molar-refractivity contribution is 0.110. The number of aliphatic hydroxyl groups excluding tert-OH is 1. The van der Waals surface area contributed by atoms with Crippen LogP contribution in [0.2, 0.25) is 0 Å². The highest BCUT2D eigenvalue weighted by Gasteiger charge is 2.39. The van der Waals surface area contributed by atoms with Gasteiger partial charge in [0, 0.05) is 18.6 Å². The van der Waals surface area contributed by atoms with Gasteiger partial charge < -0.3 is 10.4 Å². The van der Waals surface area contributed by atoms with E-state index in [2.05, 4.69) is 19.2 Å². The summed E-state index contributed by atoms with van der Waals surface area (Å²) in [6.45, 7) is 6.88. The molecule has 2 rings (SSSR count). The van der Waals surface area contributed by atoms with Gasteiger partial charge in [-0.25, -0.2) is 0 Å². The topological polar surface area (TPSA) is 32.3 Å². The van der Waals surface area contributed by atoms with Crippen LogP contribution in [0.5, 0.6) is 0 Å². The Morgan fingerprint density at radius 2 is 1.94 bits per heavy atom. The normalized spacial score (nSPS) is 32.3. The molecular weight excluding hydrogens is 210 g/mol. The molecule has 2 bridgehead atoms. The van der Waals surface area contributed by atoms with Gasteiger partial charge in [-0.1, -0.05) is 20.3 Å². The van der Waals surface area contributed by atoms with Crippen molar-refractivity contribution in [2.75, 3.05) is 19.7 Å². The third-order valence-electron chi connectivity index (χ3n) is 5.63. The van der Waals surface area contributed by atoms with Crippen LogP contribution in [0.1, 0.15) is 52.4 Å². The Hall–Kier alpha value is -0.0800. The number of aliphatic hydroxyl groups is 1. The first-order chi connectivity index (χ1) is 8.23. The molecule has 3 unspecified atom stereocenters. The van der Waals surface area contributed by atoms with Gasteiger partial charge >= 0.3 is 0 Å². The molecule has 0 amide bonds. The molecule has 0 spiro atoms. The Morgan fingerprint density at radius 3 is 2.41 bits per heavy atom. The van der Waals surface area contributed by atoms with E-state index in [4.69, 9.17) is 0 Å². The van der Waals surface area contributed by atoms with Crippen LogP contribution in [-0.4, -0.2) is 24.8 Å². The summed E-state index contributed by atoms with van der Waals surface area (Å²) in [5.41, 5.74) is 0.123. The number of fused-ring (bicyclic) bond motifs is 2. The molecule has 2 heteroatoms. The van der Waals surface area contributed by atoms with Crippen molar-refractivity contribution < 1.29 is 5.11 Å². The van der Waals surface area contributed by atoms with Crippen molar-refractivity contribution in [1.82, 2.24) is 5.32 Å². The summed E-state index contributed by atoms with van der Waals surface area (Å²) >= 11 is 0. The van der Waals surface area contributed by atoms with Crippen LogP contribution in [-0.2, 0) is 0 Å². The van der Waals surface area contributed by atoms with E-state index in [1.54, 1.807) is 0 Å². The Kier molecular flexibility index (Phi) is 4.48. The van der Waals surface area contributed by atoms with Gasteiger partial charge in [0.15, 0.2) is 0 Å². The molecule has 2 N–H and O–H groups in total. The summed E-state index contributed by atoms with van der Waals surface area (Å²) in [4.78, 5) is 0. The van der Waals surface area contributed by atoms with Crippen molar-refractivity contribution in [3.05, 3.63) is 0 Å². The minimum Gasteiger partial charge on any atom is -0.396 e. The highest BCUT2D eigenvalue weighted by molar-refractivity contribution is 4.91. The fourth-order valence-corrected chi connectivity index (χ4v) is 3.93. The number of hydrogen-bond acceptors (Lipinski definition) is 2. The molecule has 0 aliphatic heterocycles. The second-order valence-electron chi connectivity index (χ2n) is 6.43. The first-order valence-corrected chi connectivity index (χ1v) is 7.54. The predicted octanol–water partition coefficient (Wildman–Crippen LogP) is 2.81. The lowest BCUT2D eigenvalue weighted by atomic mass is 9.82. The van der Waals surface area contributed by atoms with Crippen molar-refractivity contribution in [2.24, 2.45) is 23.2 Å². The van der Waals surface area contributed by atoms with Gasteiger partial charge in [0.2, 0.25) is 0 Å². The second kappa shape index (κ2) is 5.71. The van der Waals surface area contributed by atoms with Gasteiger partial charge in [-0.15, -0.1) is 0 Å². The molecule has 3 atom stereocenters. The molecule has 0 saturated heterocycles. The quantitative estimate of drug-likeness (QED) is 0.716. The van der Waals surface area contributed by atoms with E-state index < -0.39 is 0 Å². The fourth-order valence-electron chi connectivity index (χ4n) is 3.93. The van der Waals surface area contributed by atoms with Crippen molar-refractivity contribution in [3.63, 3.8) is 0 Å². The average molecular weight is 239 g/mol. The van der Waals surface area contributed by atoms with Crippen LogP contribution in [0, 0.1) is 23.2 Å². The fraction of sp³-hybridized carbons (Fsp3) is 1.00. The first-order valence-electron chi connectivity index (χ1n) is 7.54. The summed E-state index contributed by atoms with van der Waals surface area (Å²) in [5, 5.41) is 13.2. The van der Waals surface area contributed by atoms with Gasteiger partial charge in [-0.2, -0.15) is 0 Å². The summed E-state index contributed by atoms with van der Waals surface area (Å²) < 4.78 is 0. The summed E-state index contributed by atoms with van der Waals surface area (Å²) in [5.74, 6) is 2.99. The van der Waals surface area contributed by atoms with E-state index >= 15 is 0 Å². The van der Waals surface area contributed by atoms with Crippen LogP contribution >= 0.6 is 0 Å². The molecule has 0 radical (unpaired) electrons. The van der Waals surface area contributed by atoms with E-state index in [1.807, 2.05) is 0 Å². The standard InChI is InChI=1S/C15H29NO/c1-3-15(4-2,11-17)10-16-9-14-8-12-5-6-13(14)7-12/h12-14,16-17H,3-11H2,1-2H3. The van der Waals surface area contributed by atoms with Crippen LogP contribution in [0.4, 0.5) is 0 Å². The highest BCUT2D eigenvalue weighted by Crippen LogP contribution is 2.47. The Bertz CT molecular complexity index is 229. The van der Waals surface area contributed by atoms with E-state index in [0.717, 1.165) is 37.1 Å². The van der Waals surface area contributed by atoms with E-state index in [9.17, 15) is 5.11 Å². The monoisotopic (exact) mass is 239 g/mol. The predicted molar refractivity (Wildman–Crippen MR) is 71.9 cm³/mol. The maximum atomic E-state index is 9.53. The van der Waals surface area contributed by atoms with E-state index in [0.29, 0.717) is 6.61 Å². The first kappa shape index (κ1) is 13.4. The molecule has 0 heterocycles. The highest BCUT2D eigenvalue weighted by atomic mass is 16.3. The van der Waals surface area contributed by atoms with E-state index in [-0.39, 0.29) is 5.41 Å². The summed E-state index contributed by atoms with van der Waals surface area (Å²) in [7, 11) is 0. The summed E-state index contributed by atoms with van der Waals surface area (Å²) in [6.07, 6.45) is 8.07. The molecule has 2 aliphatic carbocycles. The minimum atomic E-state index is 0.123. The number of rotatable bonds is 7. The molecule has 0 aromatic heterocycles. The van der Waals surface area contributed by atoms with Gasteiger partial charge in [-0.05, 0) is 56.4 Å². The largest absolute Gasteiger partial charge is 0.396 e. The van der Waals surface area contributed by atoms with Crippen molar-refractivity contribution in [2.45, 2.75) is 52.4 Å². The van der Waals surface area contributed by atoms with Crippen LogP contribution < -0.4 is 5.32 Å². The minimum absolute atomic E-state index is 0.123. The average Bonchev–Trinajstić information content (AvgIpc) is 2.97. The zero-order valence-corrected chi connectivity index (χ0v) is 11.5. The van der Waals surface area contributed by atoms with Gasteiger partial charge in [0.05, 0.1) is 0 Å². The number of hydrogen-bond donors (Lipinski definition) is 2. The maximum absolute atomic E-state index is 9.53. The van der Waals surface area contributed by atoms with Gasteiger partial charge in [-0.3, -0.25) is 0 Å². The molecule has 100 valence electrons. The molecule has 0 aromatic carbocycles. The SMILES string of the molecule is CCC(CC)(CO)CNCC1CC2CCC1C2. The third kappa shape index (κ3) is 2.85. The van der Waals surface area contributed by atoms with E-state index in [1.165, 1.54) is 32.2 Å². The Labute approximate surface area is 106 Å². The Morgan fingerprint density at radius 1 is 1.18 bits per heavy atom. The lowest BCUT2D eigenvalue weighted by Gasteiger charge is -2.31. The maximum Gasteiger partial charge on any atom is 0.0499 e. The van der Waals surface area contributed by atoms with Crippen molar-refractivity contribution in [1.29, 1.82) is 0 Å². The summed E-state index contributed by atoms with van der Waals surface area (Å²) in [6, 6.07) is 0. The molecule has 2 saturated carbocycles. The van der Waals surface area contributed by atoms with Crippen LogP contribution in [0.15, 0.2) is 0 Å².